The van der Waals surface area contributed by atoms with E-state index >= 15 is 0 Å². The molecule has 0 aliphatic heterocycles. The van der Waals surface area contributed by atoms with Crippen LogP contribution in [0.3, 0.4) is 0 Å². The normalized spacial score (nSPS) is 12.3. The van der Waals surface area contributed by atoms with Crippen molar-refractivity contribution in [2.45, 2.75) is 6.42 Å². The molecule has 2 aromatic carbocycles. The van der Waals surface area contributed by atoms with E-state index in [9.17, 15) is 4.21 Å². The Bertz CT molecular complexity index is 578. The number of allylic oxidation sites excluding steroid dienone is 1. The lowest BCUT2D eigenvalue weighted by Gasteiger charge is -2.04. The summed E-state index contributed by atoms with van der Waals surface area (Å²) in [6, 6.07) is 11.3. The molecule has 0 aliphatic rings. The van der Waals surface area contributed by atoms with Crippen LogP contribution in [0.1, 0.15) is 5.56 Å². The number of fused-ring (bicyclic) bond motifs is 1. The van der Waals surface area contributed by atoms with Gasteiger partial charge in [0.1, 0.15) is 5.75 Å². The highest BCUT2D eigenvalue weighted by molar-refractivity contribution is 7.74. The Morgan fingerprint density at radius 3 is 2.65 bits per heavy atom. The summed E-state index contributed by atoms with van der Waals surface area (Å²) < 4.78 is 23.9. The molecule has 0 saturated carbocycles. The fraction of sp³-hybridized carbons (Fsp3) is 0.0769. The topological polar surface area (TPSA) is 46.5 Å². The van der Waals surface area contributed by atoms with Gasteiger partial charge < -0.3 is 4.18 Å². The van der Waals surface area contributed by atoms with Crippen molar-refractivity contribution in [3.05, 3.63) is 54.6 Å². The highest BCUT2D eigenvalue weighted by atomic mass is 32.2. The molecular formula is C13H12O3S. The summed E-state index contributed by atoms with van der Waals surface area (Å²) in [7, 11) is 0. The second-order valence-corrected chi connectivity index (χ2v) is 4.24. The molecule has 1 N–H and O–H groups in total. The van der Waals surface area contributed by atoms with Crippen molar-refractivity contribution >= 4 is 22.1 Å². The highest BCUT2D eigenvalue weighted by Gasteiger charge is 2.01. The molecule has 4 heteroatoms. The molecule has 88 valence electrons. The quantitative estimate of drug-likeness (QED) is 0.668. The average Bonchev–Trinajstić information content (AvgIpc) is 2.29. The molecule has 0 radical (unpaired) electrons. The fourth-order valence-corrected chi connectivity index (χ4v) is 1.97. The van der Waals surface area contributed by atoms with E-state index in [2.05, 4.69) is 12.6 Å². The molecule has 0 fully saturated rings. The van der Waals surface area contributed by atoms with E-state index in [1.165, 1.54) is 5.56 Å². The molecule has 0 amide bonds. The first-order valence-electron chi connectivity index (χ1n) is 5.12. The summed E-state index contributed by atoms with van der Waals surface area (Å²) in [5, 5.41) is 2.04. The third-order valence-electron chi connectivity index (χ3n) is 2.42. The molecule has 2 aromatic rings. The molecule has 0 saturated heterocycles. The second-order valence-electron chi connectivity index (χ2n) is 3.64. The van der Waals surface area contributed by atoms with Crippen LogP contribution in [0.2, 0.25) is 0 Å². The van der Waals surface area contributed by atoms with Crippen molar-refractivity contribution in [3.63, 3.8) is 0 Å². The maximum absolute atomic E-state index is 10.5. The Kier molecular flexibility index (Phi) is 3.56. The summed E-state index contributed by atoms with van der Waals surface area (Å²) in [6.45, 7) is 3.70. The SMILES string of the molecule is C=CCc1ccc2cc(OS(=O)O)ccc2c1. The van der Waals surface area contributed by atoms with E-state index in [0.29, 0.717) is 5.75 Å². The minimum Gasteiger partial charge on any atom is -0.380 e. The van der Waals surface area contributed by atoms with Crippen LogP contribution in [-0.2, 0) is 17.8 Å². The van der Waals surface area contributed by atoms with Gasteiger partial charge in [0.05, 0.1) is 0 Å². The Hall–Kier alpha value is -1.65. The summed E-state index contributed by atoms with van der Waals surface area (Å²) in [5.41, 5.74) is 1.19. The number of hydrogen-bond acceptors (Lipinski definition) is 2. The standard InChI is InChI=1S/C13H12O3S/c1-2-3-10-4-5-12-9-13(16-17(14)15)7-6-11(12)8-10/h2,4-9H,1,3H2,(H,14,15). The molecule has 1 unspecified atom stereocenters. The zero-order chi connectivity index (χ0) is 12.3. The smallest absolute Gasteiger partial charge is 0.357 e. The van der Waals surface area contributed by atoms with Crippen molar-refractivity contribution in [2.24, 2.45) is 0 Å². The number of benzene rings is 2. The molecule has 0 bridgehead atoms. The minimum atomic E-state index is -2.28. The van der Waals surface area contributed by atoms with E-state index in [0.717, 1.165) is 17.2 Å². The summed E-state index contributed by atoms with van der Waals surface area (Å²) in [5.74, 6) is 0.384. The average molecular weight is 248 g/mol. The van der Waals surface area contributed by atoms with Gasteiger partial charge in [-0.15, -0.1) is 6.58 Å². The van der Waals surface area contributed by atoms with Gasteiger partial charge in [0, 0.05) is 0 Å². The zero-order valence-electron chi connectivity index (χ0n) is 9.13. The maximum atomic E-state index is 10.5. The fourth-order valence-electron chi connectivity index (χ4n) is 1.70. The molecule has 3 nitrogen and oxygen atoms in total. The van der Waals surface area contributed by atoms with E-state index < -0.39 is 11.4 Å². The first-order valence-corrected chi connectivity index (χ1v) is 6.15. The maximum Gasteiger partial charge on any atom is 0.357 e. The lowest BCUT2D eigenvalue weighted by molar-refractivity contribution is 0.458. The third-order valence-corrected chi connectivity index (χ3v) is 2.76. The molecule has 0 heterocycles. The van der Waals surface area contributed by atoms with Crippen LogP contribution in [0.5, 0.6) is 5.75 Å². The van der Waals surface area contributed by atoms with E-state index in [1.54, 1.807) is 12.1 Å². The molecular weight excluding hydrogens is 236 g/mol. The van der Waals surface area contributed by atoms with E-state index in [1.807, 2.05) is 24.3 Å². The highest BCUT2D eigenvalue weighted by Crippen LogP contribution is 2.22. The predicted octanol–water partition coefficient (Wildman–Crippen LogP) is 3.08. The van der Waals surface area contributed by atoms with Crippen LogP contribution in [0.4, 0.5) is 0 Å². The van der Waals surface area contributed by atoms with Crippen LogP contribution in [-0.4, -0.2) is 8.76 Å². The Morgan fingerprint density at radius 2 is 1.94 bits per heavy atom. The number of rotatable bonds is 4. The molecule has 0 spiro atoms. The van der Waals surface area contributed by atoms with Gasteiger partial charge in [0.25, 0.3) is 0 Å². The summed E-state index contributed by atoms with van der Waals surface area (Å²) >= 11 is -2.28. The van der Waals surface area contributed by atoms with Crippen LogP contribution in [0.25, 0.3) is 10.8 Å². The Morgan fingerprint density at radius 1 is 1.24 bits per heavy atom. The molecule has 2 rings (SSSR count). The van der Waals surface area contributed by atoms with Gasteiger partial charge in [0.15, 0.2) is 0 Å². The summed E-state index contributed by atoms with van der Waals surface area (Å²) in [4.78, 5) is 0. The van der Waals surface area contributed by atoms with Crippen LogP contribution >= 0.6 is 0 Å². The van der Waals surface area contributed by atoms with Crippen LogP contribution in [0, 0.1) is 0 Å². The third kappa shape index (κ3) is 2.93. The Labute approximate surface area is 102 Å². The predicted molar refractivity (Wildman–Crippen MR) is 69.2 cm³/mol. The minimum absolute atomic E-state index is 0.384. The van der Waals surface area contributed by atoms with E-state index in [-0.39, 0.29) is 0 Å². The zero-order valence-corrected chi connectivity index (χ0v) is 9.94. The lowest BCUT2D eigenvalue weighted by atomic mass is 10.1. The van der Waals surface area contributed by atoms with Gasteiger partial charge in [-0.2, -0.15) is 4.21 Å². The molecule has 0 aliphatic carbocycles. The lowest BCUT2D eigenvalue weighted by Crippen LogP contribution is -1.96. The summed E-state index contributed by atoms with van der Waals surface area (Å²) in [6.07, 6.45) is 2.68. The van der Waals surface area contributed by atoms with Gasteiger partial charge >= 0.3 is 11.4 Å². The monoisotopic (exact) mass is 248 g/mol. The van der Waals surface area contributed by atoms with Gasteiger partial charge in [-0.05, 0) is 34.9 Å². The van der Waals surface area contributed by atoms with Crippen LogP contribution in [0.15, 0.2) is 49.1 Å². The molecule has 1 atom stereocenters. The first kappa shape index (κ1) is 11.8. The van der Waals surface area contributed by atoms with Crippen molar-refractivity contribution in [1.29, 1.82) is 0 Å². The molecule has 17 heavy (non-hydrogen) atoms. The van der Waals surface area contributed by atoms with Gasteiger partial charge in [-0.1, -0.05) is 30.3 Å². The number of hydrogen-bond donors (Lipinski definition) is 1. The molecule has 0 aromatic heterocycles. The van der Waals surface area contributed by atoms with Gasteiger partial charge in [-0.25, -0.2) is 0 Å². The van der Waals surface area contributed by atoms with E-state index in [4.69, 9.17) is 8.74 Å². The van der Waals surface area contributed by atoms with Gasteiger partial charge in [-0.3, -0.25) is 4.55 Å². The van der Waals surface area contributed by atoms with Crippen molar-refractivity contribution in [3.8, 4) is 5.75 Å². The largest absolute Gasteiger partial charge is 0.380 e. The van der Waals surface area contributed by atoms with Crippen LogP contribution < -0.4 is 4.18 Å². The first-order chi connectivity index (χ1) is 8.19. The second kappa shape index (κ2) is 5.12. The Balaban J connectivity index is 2.39. The van der Waals surface area contributed by atoms with Crippen molar-refractivity contribution in [2.75, 3.05) is 0 Å². The van der Waals surface area contributed by atoms with Crippen molar-refractivity contribution < 1.29 is 12.9 Å². The van der Waals surface area contributed by atoms with Crippen molar-refractivity contribution in [1.82, 2.24) is 0 Å². The van der Waals surface area contributed by atoms with Gasteiger partial charge in [0.2, 0.25) is 0 Å².